The Morgan fingerprint density at radius 1 is 1.08 bits per heavy atom. The Morgan fingerprint density at radius 2 is 1.80 bits per heavy atom. The molecule has 6 nitrogen and oxygen atoms in total. The van der Waals surface area contributed by atoms with Crippen LogP contribution >= 0.6 is 0 Å². The maximum atomic E-state index is 12.2. The molecule has 0 atom stereocenters. The van der Waals surface area contributed by atoms with Gasteiger partial charge in [0.2, 0.25) is 5.91 Å². The van der Waals surface area contributed by atoms with E-state index < -0.39 is 0 Å². The Bertz CT molecular complexity index is 731. The molecular formula is C19H23N3O3. The second-order valence-corrected chi connectivity index (χ2v) is 5.54. The minimum absolute atomic E-state index is 0.166. The van der Waals surface area contributed by atoms with Crippen molar-refractivity contribution >= 4 is 23.2 Å². The summed E-state index contributed by atoms with van der Waals surface area (Å²) in [7, 11) is 1.57. The highest BCUT2D eigenvalue weighted by atomic mass is 16.5. The molecule has 0 unspecified atom stereocenters. The molecule has 0 spiro atoms. The summed E-state index contributed by atoms with van der Waals surface area (Å²) in [6, 6.07) is 14.4. The van der Waals surface area contributed by atoms with Gasteiger partial charge in [-0.25, -0.2) is 0 Å². The number of carbonyl (C=O) groups is 2. The fourth-order valence-corrected chi connectivity index (χ4v) is 2.37. The Kier molecular flexibility index (Phi) is 6.98. The highest BCUT2D eigenvalue weighted by Crippen LogP contribution is 2.17. The number of benzene rings is 2. The maximum absolute atomic E-state index is 12.2. The van der Waals surface area contributed by atoms with Crippen molar-refractivity contribution in [2.45, 2.75) is 12.8 Å². The molecule has 0 aliphatic heterocycles. The molecule has 0 aliphatic rings. The van der Waals surface area contributed by atoms with Gasteiger partial charge in [-0.2, -0.15) is 0 Å². The van der Waals surface area contributed by atoms with E-state index in [4.69, 9.17) is 10.5 Å². The molecule has 0 radical (unpaired) electrons. The number of rotatable bonds is 8. The van der Waals surface area contributed by atoms with Gasteiger partial charge in [0.15, 0.2) is 0 Å². The minimum Gasteiger partial charge on any atom is -0.399 e. The monoisotopic (exact) mass is 341 g/mol. The number of methoxy groups -OCH3 is 1. The lowest BCUT2D eigenvalue weighted by molar-refractivity contribution is -0.116. The Labute approximate surface area is 147 Å². The number of anilines is 2. The van der Waals surface area contributed by atoms with E-state index in [1.165, 1.54) is 0 Å². The summed E-state index contributed by atoms with van der Waals surface area (Å²) in [5.74, 6) is -0.416. The number of nitrogen functional groups attached to an aromatic ring is 1. The third-order valence-electron chi connectivity index (χ3n) is 3.71. The number of aryl methyl sites for hydroxylation is 1. The van der Waals surface area contributed by atoms with Crippen LogP contribution in [0, 0.1) is 0 Å². The Hall–Kier alpha value is -2.86. The first-order valence-corrected chi connectivity index (χ1v) is 8.11. The molecule has 4 N–H and O–H groups in total. The molecule has 0 bridgehead atoms. The van der Waals surface area contributed by atoms with Crippen molar-refractivity contribution in [1.82, 2.24) is 5.32 Å². The third-order valence-corrected chi connectivity index (χ3v) is 3.71. The molecule has 0 aliphatic carbocycles. The minimum atomic E-state index is -0.250. The SMILES string of the molecule is COCCNC(=O)c1ccccc1NC(=O)CCc1ccccc1N. The van der Waals surface area contributed by atoms with Crippen LogP contribution in [0.25, 0.3) is 0 Å². The fraction of sp³-hybridized carbons (Fsp3) is 0.263. The van der Waals surface area contributed by atoms with Gasteiger partial charge in [0.05, 0.1) is 17.9 Å². The van der Waals surface area contributed by atoms with Crippen LogP contribution in [-0.4, -0.2) is 32.1 Å². The van der Waals surface area contributed by atoms with Gasteiger partial charge < -0.3 is 21.1 Å². The molecule has 2 aromatic carbocycles. The fourth-order valence-electron chi connectivity index (χ4n) is 2.37. The van der Waals surface area contributed by atoms with E-state index in [0.717, 1.165) is 5.56 Å². The van der Waals surface area contributed by atoms with Crippen molar-refractivity contribution in [3.05, 3.63) is 59.7 Å². The lowest BCUT2D eigenvalue weighted by Crippen LogP contribution is -2.28. The number of nitrogens with two attached hydrogens (primary N) is 1. The molecule has 0 heterocycles. The van der Waals surface area contributed by atoms with E-state index in [9.17, 15) is 9.59 Å². The van der Waals surface area contributed by atoms with E-state index in [2.05, 4.69) is 10.6 Å². The summed E-state index contributed by atoms with van der Waals surface area (Å²) in [6.07, 6.45) is 0.828. The third kappa shape index (κ3) is 5.61. The molecule has 2 amide bonds. The average Bonchev–Trinajstić information content (AvgIpc) is 2.61. The molecule has 6 heteroatoms. The number of nitrogens with one attached hydrogen (secondary N) is 2. The number of ether oxygens (including phenoxy) is 1. The summed E-state index contributed by atoms with van der Waals surface area (Å²) in [5.41, 5.74) is 8.41. The van der Waals surface area contributed by atoms with Crippen LogP contribution in [0.15, 0.2) is 48.5 Å². The first-order chi connectivity index (χ1) is 12.1. The van der Waals surface area contributed by atoms with Gasteiger partial charge in [0.25, 0.3) is 5.91 Å². The van der Waals surface area contributed by atoms with E-state index in [0.29, 0.717) is 36.5 Å². The molecule has 132 valence electrons. The van der Waals surface area contributed by atoms with Crippen molar-refractivity contribution in [3.63, 3.8) is 0 Å². The van der Waals surface area contributed by atoms with Gasteiger partial charge in [0.1, 0.15) is 0 Å². The van der Waals surface area contributed by atoms with Crippen molar-refractivity contribution in [2.75, 3.05) is 31.3 Å². The molecule has 2 rings (SSSR count). The first-order valence-electron chi connectivity index (χ1n) is 8.11. The van der Waals surface area contributed by atoms with Crippen LogP contribution in [0.5, 0.6) is 0 Å². The zero-order valence-electron chi connectivity index (χ0n) is 14.2. The van der Waals surface area contributed by atoms with Gasteiger partial charge in [-0.1, -0.05) is 30.3 Å². The number of para-hydroxylation sites is 2. The van der Waals surface area contributed by atoms with Gasteiger partial charge in [-0.05, 0) is 30.2 Å². The standard InChI is InChI=1S/C19H23N3O3/c1-25-13-12-21-19(24)15-7-3-5-9-17(15)22-18(23)11-10-14-6-2-4-8-16(14)20/h2-9H,10-13,20H2,1H3,(H,21,24)(H,22,23). The summed E-state index contributed by atoms with van der Waals surface area (Å²) in [6.45, 7) is 0.837. The largest absolute Gasteiger partial charge is 0.399 e. The summed E-state index contributed by atoms with van der Waals surface area (Å²) in [5, 5.41) is 5.55. The summed E-state index contributed by atoms with van der Waals surface area (Å²) in [4.78, 5) is 24.4. The quantitative estimate of drug-likeness (QED) is 0.507. The van der Waals surface area contributed by atoms with Crippen LogP contribution in [0.3, 0.4) is 0 Å². The van der Waals surface area contributed by atoms with E-state index >= 15 is 0 Å². The highest BCUT2D eigenvalue weighted by molar-refractivity contribution is 6.03. The van der Waals surface area contributed by atoms with E-state index in [-0.39, 0.29) is 18.2 Å². The molecule has 0 saturated carbocycles. The molecule has 0 fully saturated rings. The predicted molar refractivity (Wildman–Crippen MR) is 98.5 cm³/mol. The molecule has 0 aromatic heterocycles. The molecular weight excluding hydrogens is 318 g/mol. The lowest BCUT2D eigenvalue weighted by atomic mass is 10.1. The summed E-state index contributed by atoms with van der Waals surface area (Å²) >= 11 is 0. The normalized spacial score (nSPS) is 10.3. The number of hydrogen-bond donors (Lipinski definition) is 3. The van der Waals surface area contributed by atoms with Gasteiger partial charge in [-0.3, -0.25) is 9.59 Å². The van der Waals surface area contributed by atoms with Crippen LogP contribution in [-0.2, 0) is 16.0 Å². The van der Waals surface area contributed by atoms with Crippen LogP contribution < -0.4 is 16.4 Å². The van der Waals surface area contributed by atoms with Gasteiger partial charge in [0, 0.05) is 25.8 Å². The van der Waals surface area contributed by atoms with Crippen molar-refractivity contribution in [1.29, 1.82) is 0 Å². The van der Waals surface area contributed by atoms with Crippen molar-refractivity contribution < 1.29 is 14.3 Å². The van der Waals surface area contributed by atoms with Crippen molar-refractivity contribution in [2.24, 2.45) is 0 Å². The topological polar surface area (TPSA) is 93.5 Å². The number of amides is 2. The maximum Gasteiger partial charge on any atom is 0.253 e. The number of carbonyl (C=O) groups excluding carboxylic acids is 2. The average molecular weight is 341 g/mol. The second kappa shape index (κ2) is 9.44. The van der Waals surface area contributed by atoms with Gasteiger partial charge >= 0.3 is 0 Å². The van der Waals surface area contributed by atoms with E-state index in [1.807, 2.05) is 24.3 Å². The summed E-state index contributed by atoms with van der Waals surface area (Å²) < 4.78 is 4.91. The zero-order chi connectivity index (χ0) is 18.1. The van der Waals surface area contributed by atoms with E-state index in [1.54, 1.807) is 31.4 Å². The van der Waals surface area contributed by atoms with Crippen LogP contribution in [0.1, 0.15) is 22.3 Å². The van der Waals surface area contributed by atoms with Gasteiger partial charge in [-0.15, -0.1) is 0 Å². The smallest absolute Gasteiger partial charge is 0.253 e. The first kappa shape index (κ1) is 18.5. The molecule has 2 aromatic rings. The number of hydrogen-bond acceptors (Lipinski definition) is 4. The second-order valence-electron chi connectivity index (χ2n) is 5.54. The predicted octanol–water partition coefficient (Wildman–Crippen LogP) is 2.22. The lowest BCUT2D eigenvalue weighted by Gasteiger charge is -2.11. The zero-order valence-corrected chi connectivity index (χ0v) is 14.2. The van der Waals surface area contributed by atoms with Crippen LogP contribution in [0.2, 0.25) is 0 Å². The molecule has 0 saturated heterocycles. The highest BCUT2D eigenvalue weighted by Gasteiger charge is 2.13. The molecule has 25 heavy (non-hydrogen) atoms. The Morgan fingerprint density at radius 3 is 2.56 bits per heavy atom. The van der Waals surface area contributed by atoms with Crippen molar-refractivity contribution in [3.8, 4) is 0 Å². The Balaban J connectivity index is 1.96. The van der Waals surface area contributed by atoms with Crippen LogP contribution in [0.4, 0.5) is 11.4 Å².